The summed E-state index contributed by atoms with van der Waals surface area (Å²) in [6.07, 6.45) is 5.64. The highest BCUT2D eigenvalue weighted by molar-refractivity contribution is 9.10. The van der Waals surface area contributed by atoms with Crippen molar-refractivity contribution in [2.75, 3.05) is 31.1 Å². The van der Waals surface area contributed by atoms with Gasteiger partial charge in [-0.25, -0.2) is 4.99 Å². The van der Waals surface area contributed by atoms with Gasteiger partial charge in [-0.15, -0.1) is 0 Å². The summed E-state index contributed by atoms with van der Waals surface area (Å²) < 4.78 is 12.8. The lowest BCUT2D eigenvalue weighted by Crippen LogP contribution is -2.29. The van der Waals surface area contributed by atoms with E-state index in [4.69, 9.17) is 37.7 Å². The predicted octanol–water partition coefficient (Wildman–Crippen LogP) is 9.35. The number of piperidine rings is 1. The lowest BCUT2D eigenvalue weighted by Gasteiger charge is -2.28. The molecule has 0 radical (unpaired) electrons. The van der Waals surface area contributed by atoms with Crippen molar-refractivity contribution in [3.05, 3.63) is 85.1 Å². The summed E-state index contributed by atoms with van der Waals surface area (Å²) in [5.41, 5.74) is 3.66. The average Bonchev–Trinajstić information content (AvgIpc) is 3.28. The molecule has 0 bridgehead atoms. The molecule has 0 N–H and O–H groups in total. The minimum absolute atomic E-state index is 0.0752. The minimum Gasteiger partial charge on any atom is -0.490 e. The number of carbonyl (C=O) groups excluding carboxylic acids is 1. The fraction of sp³-hybridized carbons (Fsp3) is 0.312. The second kappa shape index (κ2) is 14.2. The Hall–Kier alpha value is -2.65. The average molecular weight is 690 g/mol. The summed E-state index contributed by atoms with van der Waals surface area (Å²) in [6, 6.07) is 17.3. The SMILES string of the molecule is CCOc1cc(/C=C2\SC(=Nc3ccc(N4CCCCC4)cc3)N(CC)C2=O)c(Br)cc1OCc1ccc(Cl)cc1Cl. The zero-order chi connectivity index (χ0) is 29.6. The molecule has 2 heterocycles. The van der Waals surface area contributed by atoms with Crippen LogP contribution in [-0.2, 0) is 11.4 Å². The van der Waals surface area contributed by atoms with Crippen LogP contribution in [0.3, 0.4) is 0 Å². The van der Waals surface area contributed by atoms with Crippen LogP contribution in [0.4, 0.5) is 11.4 Å². The van der Waals surface area contributed by atoms with E-state index in [0.717, 1.165) is 34.4 Å². The molecule has 0 aromatic heterocycles. The molecule has 42 heavy (non-hydrogen) atoms. The lowest BCUT2D eigenvalue weighted by atomic mass is 10.1. The van der Waals surface area contributed by atoms with Crippen LogP contribution in [0, 0.1) is 0 Å². The van der Waals surface area contributed by atoms with Crippen LogP contribution in [-0.4, -0.2) is 42.2 Å². The maximum atomic E-state index is 13.4. The molecule has 2 aliphatic heterocycles. The number of nitrogens with zero attached hydrogens (tertiary/aromatic N) is 3. The van der Waals surface area contributed by atoms with Gasteiger partial charge in [-0.2, -0.15) is 0 Å². The maximum absolute atomic E-state index is 13.4. The van der Waals surface area contributed by atoms with E-state index in [9.17, 15) is 4.79 Å². The zero-order valence-corrected chi connectivity index (χ0v) is 27.5. The van der Waals surface area contributed by atoms with E-state index in [2.05, 4.69) is 33.0 Å². The first-order valence-electron chi connectivity index (χ1n) is 14.0. The van der Waals surface area contributed by atoms with Gasteiger partial charge in [-0.3, -0.25) is 9.69 Å². The molecule has 2 aliphatic rings. The Bertz CT molecular complexity index is 1510. The van der Waals surface area contributed by atoms with E-state index >= 15 is 0 Å². The first-order valence-corrected chi connectivity index (χ1v) is 16.4. The molecular formula is C32H32BrCl2N3O3S. The number of aliphatic imine (C=N–C) groups is 1. The highest BCUT2D eigenvalue weighted by Gasteiger charge is 2.32. The van der Waals surface area contributed by atoms with Gasteiger partial charge in [0.25, 0.3) is 5.91 Å². The summed E-state index contributed by atoms with van der Waals surface area (Å²) in [7, 11) is 0. The molecule has 2 fully saturated rings. The number of amides is 1. The van der Waals surface area contributed by atoms with Crippen molar-refractivity contribution in [1.82, 2.24) is 4.90 Å². The summed E-state index contributed by atoms with van der Waals surface area (Å²) >= 11 is 17.4. The van der Waals surface area contributed by atoms with Crippen molar-refractivity contribution in [3.8, 4) is 11.5 Å². The van der Waals surface area contributed by atoms with Gasteiger partial charge in [0.2, 0.25) is 0 Å². The van der Waals surface area contributed by atoms with Crippen LogP contribution in [0.15, 0.2) is 69.0 Å². The Morgan fingerprint density at radius 2 is 1.71 bits per heavy atom. The predicted molar refractivity (Wildman–Crippen MR) is 179 cm³/mol. The van der Waals surface area contributed by atoms with Crippen LogP contribution in [0.1, 0.15) is 44.2 Å². The van der Waals surface area contributed by atoms with Crippen LogP contribution >= 0.6 is 50.9 Å². The molecule has 1 amide bonds. The maximum Gasteiger partial charge on any atom is 0.266 e. The van der Waals surface area contributed by atoms with Gasteiger partial charge in [0.1, 0.15) is 6.61 Å². The molecule has 3 aromatic carbocycles. The molecule has 0 saturated carbocycles. The molecule has 6 nitrogen and oxygen atoms in total. The molecule has 220 valence electrons. The third-order valence-electron chi connectivity index (χ3n) is 7.05. The quantitative estimate of drug-likeness (QED) is 0.210. The molecular weight excluding hydrogens is 657 g/mol. The summed E-state index contributed by atoms with van der Waals surface area (Å²) in [6.45, 7) is 7.30. The minimum atomic E-state index is -0.0752. The van der Waals surface area contributed by atoms with E-state index in [1.807, 2.05) is 50.3 Å². The number of halogens is 3. The molecule has 0 aliphatic carbocycles. The van der Waals surface area contributed by atoms with E-state index in [-0.39, 0.29) is 12.5 Å². The zero-order valence-electron chi connectivity index (χ0n) is 23.5. The number of anilines is 1. The number of likely N-dealkylation sites (N-methyl/N-ethyl adjacent to an activating group) is 1. The van der Waals surface area contributed by atoms with Crippen LogP contribution in [0.5, 0.6) is 11.5 Å². The van der Waals surface area contributed by atoms with Crippen molar-refractivity contribution in [2.24, 2.45) is 4.99 Å². The van der Waals surface area contributed by atoms with E-state index in [0.29, 0.717) is 44.8 Å². The fourth-order valence-corrected chi connectivity index (χ4v) is 6.80. The molecule has 0 unspecified atom stereocenters. The summed E-state index contributed by atoms with van der Waals surface area (Å²) in [4.78, 5) is 22.9. The van der Waals surface area contributed by atoms with Crippen LogP contribution in [0.25, 0.3) is 6.08 Å². The van der Waals surface area contributed by atoms with Crippen molar-refractivity contribution in [1.29, 1.82) is 0 Å². The Morgan fingerprint density at radius 3 is 2.40 bits per heavy atom. The molecule has 0 atom stereocenters. The Morgan fingerprint density at radius 1 is 0.976 bits per heavy atom. The molecule has 3 aromatic rings. The van der Waals surface area contributed by atoms with Crippen molar-refractivity contribution in [3.63, 3.8) is 0 Å². The van der Waals surface area contributed by atoms with Gasteiger partial charge in [0, 0.05) is 45.4 Å². The van der Waals surface area contributed by atoms with Gasteiger partial charge in [-0.05, 0) is 105 Å². The molecule has 0 spiro atoms. The van der Waals surface area contributed by atoms with Gasteiger partial charge < -0.3 is 14.4 Å². The number of rotatable bonds is 9. The monoisotopic (exact) mass is 687 g/mol. The number of hydrogen-bond donors (Lipinski definition) is 0. The number of benzene rings is 3. The first kappa shape index (κ1) is 30.8. The summed E-state index contributed by atoms with van der Waals surface area (Å²) in [5, 5.41) is 1.77. The Labute approximate surface area is 269 Å². The van der Waals surface area contributed by atoms with Crippen LogP contribution in [0.2, 0.25) is 10.0 Å². The fourth-order valence-electron chi connectivity index (χ4n) is 4.85. The second-order valence-electron chi connectivity index (χ2n) is 9.90. The normalized spacial score (nSPS) is 17.4. The third kappa shape index (κ3) is 7.28. The number of ether oxygens (including phenoxy) is 2. The molecule has 10 heteroatoms. The third-order valence-corrected chi connectivity index (χ3v) is 9.33. The van der Waals surface area contributed by atoms with E-state index in [1.165, 1.54) is 36.7 Å². The lowest BCUT2D eigenvalue weighted by molar-refractivity contribution is -0.122. The van der Waals surface area contributed by atoms with E-state index in [1.54, 1.807) is 17.0 Å². The first-order chi connectivity index (χ1) is 20.4. The van der Waals surface area contributed by atoms with E-state index < -0.39 is 0 Å². The number of amidine groups is 1. The van der Waals surface area contributed by atoms with Crippen molar-refractivity contribution in [2.45, 2.75) is 39.7 Å². The number of hydrogen-bond acceptors (Lipinski definition) is 6. The number of thioether (sulfide) groups is 1. The largest absolute Gasteiger partial charge is 0.490 e. The highest BCUT2D eigenvalue weighted by Crippen LogP contribution is 2.39. The molecule has 2 saturated heterocycles. The Balaban J connectivity index is 1.36. The smallest absolute Gasteiger partial charge is 0.266 e. The van der Waals surface area contributed by atoms with Crippen molar-refractivity contribution < 1.29 is 14.3 Å². The van der Waals surface area contributed by atoms with Gasteiger partial charge in [-0.1, -0.05) is 45.2 Å². The summed E-state index contributed by atoms with van der Waals surface area (Å²) in [5.74, 6) is 1.06. The van der Waals surface area contributed by atoms with Gasteiger partial charge >= 0.3 is 0 Å². The van der Waals surface area contributed by atoms with Crippen molar-refractivity contribution >= 4 is 79.4 Å². The standard InChI is InChI=1S/C32H32BrCl2N3O3S/c1-3-38-31(39)30(42-32(38)36-24-10-12-25(13-11-24)37-14-6-5-7-15-37)17-22-16-28(40-4-2)29(19-26(22)33)41-20-21-8-9-23(34)18-27(21)35/h8-13,16-19H,3-7,14-15,20H2,1-2H3/b30-17-,36-32?. The number of carbonyl (C=O) groups is 1. The van der Waals surface area contributed by atoms with Gasteiger partial charge in [0.05, 0.1) is 17.2 Å². The highest BCUT2D eigenvalue weighted by atomic mass is 79.9. The topological polar surface area (TPSA) is 54.4 Å². The Kier molecular flexibility index (Phi) is 10.4. The molecule has 5 rings (SSSR count). The second-order valence-corrected chi connectivity index (χ2v) is 12.6. The van der Waals surface area contributed by atoms with Crippen LogP contribution < -0.4 is 14.4 Å². The van der Waals surface area contributed by atoms with Gasteiger partial charge in [0.15, 0.2) is 16.7 Å².